The van der Waals surface area contributed by atoms with E-state index in [-0.39, 0.29) is 0 Å². The molecule has 2 rings (SSSR count). The summed E-state index contributed by atoms with van der Waals surface area (Å²) in [6.45, 7) is 6.03. The van der Waals surface area contributed by atoms with Gasteiger partial charge in [0.15, 0.2) is 0 Å². The maximum Gasteiger partial charge on any atom is 0.119 e. The van der Waals surface area contributed by atoms with Gasteiger partial charge in [0.2, 0.25) is 0 Å². The maximum atomic E-state index is 5.27. The summed E-state index contributed by atoms with van der Waals surface area (Å²) in [5.41, 5.74) is 1.28. The molecule has 0 spiro atoms. The van der Waals surface area contributed by atoms with E-state index in [2.05, 4.69) is 48.5 Å². The van der Waals surface area contributed by atoms with Crippen molar-refractivity contribution in [2.45, 2.75) is 26.6 Å². The van der Waals surface area contributed by atoms with E-state index in [1.54, 1.807) is 7.11 Å². The van der Waals surface area contributed by atoms with Gasteiger partial charge < -0.3 is 10.1 Å². The Bertz CT molecular complexity index is 553. The zero-order valence-electron chi connectivity index (χ0n) is 13.1. The van der Waals surface area contributed by atoms with Gasteiger partial charge in [-0.05, 0) is 43.4 Å². The fraction of sp³-hybridized carbons (Fsp3) is 0.412. The van der Waals surface area contributed by atoms with Crippen LogP contribution in [-0.4, -0.2) is 25.6 Å². The highest BCUT2D eigenvalue weighted by atomic mass is 32.1. The van der Waals surface area contributed by atoms with Crippen molar-refractivity contribution in [3.8, 4) is 5.75 Å². The molecule has 0 amide bonds. The topological polar surface area (TPSA) is 24.5 Å². The fourth-order valence-electron chi connectivity index (χ4n) is 2.25. The second-order valence-corrected chi connectivity index (χ2v) is 6.43. The van der Waals surface area contributed by atoms with Gasteiger partial charge in [-0.2, -0.15) is 0 Å². The number of hydrogen-bond donors (Lipinski definition) is 1. The van der Waals surface area contributed by atoms with Crippen LogP contribution < -0.4 is 10.1 Å². The second kappa shape index (κ2) is 8.17. The van der Waals surface area contributed by atoms with Gasteiger partial charge in [-0.3, -0.25) is 4.90 Å². The van der Waals surface area contributed by atoms with E-state index in [0.29, 0.717) is 0 Å². The number of rotatable bonds is 8. The first-order valence-corrected chi connectivity index (χ1v) is 8.12. The molecule has 0 radical (unpaired) electrons. The van der Waals surface area contributed by atoms with E-state index in [0.717, 1.165) is 31.9 Å². The second-order valence-electron chi connectivity index (χ2n) is 5.17. The van der Waals surface area contributed by atoms with Crippen molar-refractivity contribution >= 4 is 11.3 Å². The highest BCUT2D eigenvalue weighted by molar-refractivity contribution is 7.11. The van der Waals surface area contributed by atoms with Crippen molar-refractivity contribution in [3.63, 3.8) is 0 Å². The third kappa shape index (κ3) is 5.16. The Morgan fingerprint density at radius 1 is 1.14 bits per heavy atom. The number of ether oxygens (including phenoxy) is 1. The third-order valence-corrected chi connectivity index (χ3v) is 4.35. The summed E-state index contributed by atoms with van der Waals surface area (Å²) in [7, 11) is 3.86. The van der Waals surface area contributed by atoms with Crippen molar-refractivity contribution in [2.75, 3.05) is 20.7 Å². The zero-order valence-corrected chi connectivity index (χ0v) is 13.9. The molecular formula is C17H24N2OS. The molecule has 4 heteroatoms. The van der Waals surface area contributed by atoms with E-state index in [1.165, 1.54) is 15.3 Å². The third-order valence-electron chi connectivity index (χ3n) is 3.28. The molecule has 21 heavy (non-hydrogen) atoms. The summed E-state index contributed by atoms with van der Waals surface area (Å²) >= 11 is 1.89. The van der Waals surface area contributed by atoms with Crippen LogP contribution in [0, 0.1) is 0 Å². The monoisotopic (exact) mass is 304 g/mol. The van der Waals surface area contributed by atoms with E-state index >= 15 is 0 Å². The van der Waals surface area contributed by atoms with Crippen molar-refractivity contribution in [1.82, 2.24) is 10.2 Å². The summed E-state index contributed by atoms with van der Waals surface area (Å²) in [4.78, 5) is 5.15. The van der Waals surface area contributed by atoms with Crippen LogP contribution in [0.25, 0.3) is 0 Å². The molecular weight excluding hydrogens is 280 g/mol. The highest BCUT2D eigenvalue weighted by Gasteiger charge is 2.05. The fourth-order valence-corrected chi connectivity index (χ4v) is 3.32. The predicted molar refractivity (Wildman–Crippen MR) is 89.9 cm³/mol. The van der Waals surface area contributed by atoms with Gasteiger partial charge in [0.1, 0.15) is 5.75 Å². The van der Waals surface area contributed by atoms with Crippen molar-refractivity contribution < 1.29 is 4.74 Å². The van der Waals surface area contributed by atoms with Crippen molar-refractivity contribution in [2.24, 2.45) is 0 Å². The maximum absolute atomic E-state index is 5.27. The Kier molecular flexibility index (Phi) is 6.23. The normalized spacial score (nSPS) is 11.0. The largest absolute Gasteiger partial charge is 0.497 e. The lowest BCUT2D eigenvalue weighted by Gasteiger charge is -2.16. The van der Waals surface area contributed by atoms with Gasteiger partial charge in [-0.25, -0.2) is 0 Å². The lowest BCUT2D eigenvalue weighted by atomic mass is 10.2. The molecule has 0 aliphatic heterocycles. The molecule has 0 saturated carbocycles. The quantitative estimate of drug-likeness (QED) is 0.808. The molecule has 1 aromatic heterocycles. The Morgan fingerprint density at radius 3 is 2.71 bits per heavy atom. The van der Waals surface area contributed by atoms with Crippen LogP contribution in [-0.2, 0) is 19.6 Å². The standard InChI is InChI=1S/C17H24N2OS/c1-4-18-11-16-8-9-17(21-16)13-19(2)12-14-6-5-7-15(10-14)20-3/h5-10,18H,4,11-13H2,1-3H3. The van der Waals surface area contributed by atoms with Crippen molar-refractivity contribution in [1.29, 1.82) is 0 Å². The van der Waals surface area contributed by atoms with E-state index < -0.39 is 0 Å². The molecule has 1 N–H and O–H groups in total. The SMILES string of the molecule is CCNCc1ccc(CN(C)Cc2cccc(OC)c2)s1. The lowest BCUT2D eigenvalue weighted by molar-refractivity contribution is 0.321. The minimum atomic E-state index is 0.921. The number of benzene rings is 1. The molecule has 0 atom stereocenters. The first-order chi connectivity index (χ1) is 10.2. The molecule has 0 bridgehead atoms. The van der Waals surface area contributed by atoms with Gasteiger partial charge in [-0.15, -0.1) is 11.3 Å². The van der Waals surface area contributed by atoms with Crippen LogP contribution >= 0.6 is 11.3 Å². The Morgan fingerprint density at radius 2 is 1.95 bits per heavy atom. The Labute approximate surface area is 131 Å². The van der Waals surface area contributed by atoms with E-state index in [1.807, 2.05) is 23.5 Å². The molecule has 2 aromatic rings. The summed E-state index contributed by atoms with van der Waals surface area (Å²) in [6.07, 6.45) is 0. The smallest absolute Gasteiger partial charge is 0.119 e. The first-order valence-electron chi connectivity index (χ1n) is 7.31. The number of methoxy groups -OCH3 is 1. The Balaban J connectivity index is 1.88. The van der Waals surface area contributed by atoms with E-state index in [4.69, 9.17) is 4.74 Å². The molecule has 1 aromatic carbocycles. The number of thiophene rings is 1. The molecule has 114 valence electrons. The molecule has 0 aliphatic rings. The van der Waals surface area contributed by atoms with Crippen LogP contribution in [0.2, 0.25) is 0 Å². The van der Waals surface area contributed by atoms with Crippen LogP contribution in [0.5, 0.6) is 5.75 Å². The first kappa shape index (κ1) is 16.0. The molecule has 0 unspecified atom stereocenters. The van der Waals surface area contributed by atoms with E-state index in [9.17, 15) is 0 Å². The van der Waals surface area contributed by atoms with Gasteiger partial charge in [0, 0.05) is 29.4 Å². The molecule has 0 saturated heterocycles. The number of nitrogens with zero attached hydrogens (tertiary/aromatic N) is 1. The molecule has 3 nitrogen and oxygen atoms in total. The molecule has 0 fully saturated rings. The van der Waals surface area contributed by atoms with Gasteiger partial charge in [0.25, 0.3) is 0 Å². The predicted octanol–water partition coefficient (Wildman–Crippen LogP) is 3.50. The summed E-state index contributed by atoms with van der Waals surface area (Å²) in [5, 5.41) is 3.37. The van der Waals surface area contributed by atoms with Crippen LogP contribution in [0.1, 0.15) is 22.2 Å². The van der Waals surface area contributed by atoms with Crippen molar-refractivity contribution in [3.05, 3.63) is 51.7 Å². The average Bonchev–Trinajstić information content (AvgIpc) is 2.92. The van der Waals surface area contributed by atoms with Crippen LogP contribution in [0.15, 0.2) is 36.4 Å². The minimum absolute atomic E-state index is 0.921. The molecule has 0 aliphatic carbocycles. The van der Waals surface area contributed by atoms with Gasteiger partial charge in [0.05, 0.1) is 7.11 Å². The minimum Gasteiger partial charge on any atom is -0.497 e. The van der Waals surface area contributed by atoms with Gasteiger partial charge in [-0.1, -0.05) is 19.1 Å². The van der Waals surface area contributed by atoms with Gasteiger partial charge >= 0.3 is 0 Å². The van der Waals surface area contributed by atoms with Crippen LogP contribution in [0.4, 0.5) is 0 Å². The Hall–Kier alpha value is -1.36. The summed E-state index contributed by atoms with van der Waals surface area (Å²) < 4.78 is 5.27. The highest BCUT2D eigenvalue weighted by Crippen LogP contribution is 2.19. The average molecular weight is 304 g/mol. The number of hydrogen-bond acceptors (Lipinski definition) is 4. The zero-order chi connectivity index (χ0) is 15.1. The summed E-state index contributed by atoms with van der Waals surface area (Å²) in [6, 6.07) is 12.7. The molecule has 1 heterocycles. The summed E-state index contributed by atoms with van der Waals surface area (Å²) in [5.74, 6) is 0.921. The lowest BCUT2D eigenvalue weighted by Crippen LogP contribution is -2.16. The number of nitrogens with one attached hydrogen (secondary N) is 1. The van der Waals surface area contributed by atoms with Crippen LogP contribution in [0.3, 0.4) is 0 Å².